The molecule has 0 fully saturated rings. The third-order valence-corrected chi connectivity index (χ3v) is 16.1. The molecule has 0 aromatic carbocycles. The summed E-state index contributed by atoms with van der Waals surface area (Å²) in [7, 11) is 13.3. The maximum absolute atomic E-state index is 6.63. The molecule has 0 nitrogen and oxygen atoms in total. The van der Waals surface area contributed by atoms with Gasteiger partial charge in [0.2, 0.25) is 0 Å². The zero-order chi connectivity index (χ0) is 18.5. The molecule has 4 heteroatoms. The first-order chi connectivity index (χ1) is 11.7. The Balaban J connectivity index is 2.25. The Hall–Kier alpha value is 0.303. The van der Waals surface area contributed by atoms with Crippen molar-refractivity contribution in [2.24, 2.45) is 5.92 Å². The molecule has 3 aliphatic rings. The van der Waals surface area contributed by atoms with E-state index in [0.717, 1.165) is 6.42 Å². The summed E-state index contributed by atoms with van der Waals surface area (Å²) in [6, 6.07) is 0. The quantitative estimate of drug-likeness (QED) is 0.307. The first-order valence-electron chi connectivity index (χ1n) is 8.81. The molecule has 0 radical (unpaired) electrons. The van der Waals surface area contributed by atoms with E-state index < -0.39 is 33.0 Å². The van der Waals surface area contributed by atoms with Gasteiger partial charge in [0.05, 0.1) is 0 Å². The number of halogens is 2. The summed E-state index contributed by atoms with van der Waals surface area (Å²) in [6.45, 7) is 9.11. The van der Waals surface area contributed by atoms with Gasteiger partial charge in [-0.1, -0.05) is 0 Å². The number of rotatable bonds is 2. The number of hydrogen-bond acceptors (Lipinski definition) is 0. The van der Waals surface area contributed by atoms with Crippen LogP contribution in [-0.2, 0) is 19.1 Å². The second-order valence-corrected chi connectivity index (χ2v) is 24.3. The van der Waals surface area contributed by atoms with Crippen molar-refractivity contribution in [3.8, 4) is 0 Å². The fourth-order valence-electron chi connectivity index (χ4n) is 4.25. The van der Waals surface area contributed by atoms with Crippen LogP contribution in [0.5, 0.6) is 0 Å². The molecule has 0 aromatic rings. The van der Waals surface area contributed by atoms with Crippen LogP contribution in [0.3, 0.4) is 0 Å². The average molecular weight is 599 g/mol. The van der Waals surface area contributed by atoms with Crippen molar-refractivity contribution in [2.45, 2.75) is 45.6 Å². The van der Waals surface area contributed by atoms with Gasteiger partial charge >= 0.3 is 173 Å². The fraction of sp³-hybridized carbons (Fsp3) is 0.381. The van der Waals surface area contributed by atoms with E-state index >= 15 is 0 Å². The van der Waals surface area contributed by atoms with Crippen LogP contribution in [0.2, 0.25) is 11.5 Å². The molecule has 0 spiro atoms. The maximum atomic E-state index is 6.63. The summed E-state index contributed by atoms with van der Waals surface area (Å²) in [6.07, 6.45) is 10.3. The molecule has 1 atom stereocenters. The normalized spacial score (nSPS) is 23.2. The van der Waals surface area contributed by atoms with Crippen molar-refractivity contribution in [1.29, 1.82) is 0 Å². The van der Waals surface area contributed by atoms with Gasteiger partial charge in [-0.15, -0.1) is 0 Å². The van der Waals surface area contributed by atoms with Gasteiger partial charge in [0, 0.05) is 0 Å². The van der Waals surface area contributed by atoms with Gasteiger partial charge in [0.1, 0.15) is 0 Å². The van der Waals surface area contributed by atoms with E-state index in [1.165, 1.54) is 42.3 Å². The van der Waals surface area contributed by atoms with Crippen LogP contribution in [-0.4, -0.2) is 18.3 Å². The molecule has 1 unspecified atom stereocenters. The van der Waals surface area contributed by atoms with E-state index in [-0.39, 0.29) is 0 Å². The summed E-state index contributed by atoms with van der Waals surface area (Å²) in [4.78, 5) is 0. The van der Waals surface area contributed by atoms with Gasteiger partial charge in [-0.25, -0.2) is 0 Å². The zero-order valence-corrected chi connectivity index (χ0v) is 23.1. The molecule has 3 aliphatic carbocycles. The van der Waals surface area contributed by atoms with Crippen LogP contribution in [0.15, 0.2) is 66.6 Å². The SMILES string of the molecule is CC1=C(C)CC(C2=C3C(=CC=C[C](=[Ge]([CH3])[CH3])C3C)[C]([Hf]([Cl])[Cl])=C2C)=C1. The molecule has 0 heterocycles. The van der Waals surface area contributed by atoms with Crippen molar-refractivity contribution in [3.63, 3.8) is 0 Å². The van der Waals surface area contributed by atoms with Gasteiger partial charge in [0.25, 0.3) is 0 Å². The number of fused-ring (bicyclic) bond motifs is 1. The van der Waals surface area contributed by atoms with Crippen LogP contribution in [0.4, 0.5) is 0 Å². The van der Waals surface area contributed by atoms with Gasteiger partial charge in [-0.2, -0.15) is 0 Å². The minimum absolute atomic E-state index is 0.471. The fourth-order valence-corrected chi connectivity index (χ4v) is 14.2. The van der Waals surface area contributed by atoms with Gasteiger partial charge in [-0.3, -0.25) is 0 Å². The Morgan fingerprint density at radius 3 is 2.36 bits per heavy atom. The molecule has 0 aliphatic heterocycles. The van der Waals surface area contributed by atoms with E-state index in [1.54, 1.807) is 4.35 Å². The molecule has 3 rings (SSSR count). The van der Waals surface area contributed by atoms with Crippen LogP contribution in [0, 0.1) is 5.92 Å². The molecule has 25 heavy (non-hydrogen) atoms. The monoisotopic (exact) mass is 601 g/mol. The van der Waals surface area contributed by atoms with Gasteiger partial charge in [0.15, 0.2) is 0 Å². The van der Waals surface area contributed by atoms with E-state index in [9.17, 15) is 0 Å². The molecular weight excluding hydrogens is 574 g/mol. The molecule has 0 amide bonds. The van der Waals surface area contributed by atoms with E-state index in [1.807, 2.05) is 0 Å². The van der Waals surface area contributed by atoms with Gasteiger partial charge < -0.3 is 0 Å². The minimum atomic E-state index is -2.71. The average Bonchev–Trinajstić information content (AvgIpc) is 2.93. The van der Waals surface area contributed by atoms with Crippen LogP contribution >= 0.6 is 17.2 Å². The second kappa shape index (κ2) is 7.74. The van der Waals surface area contributed by atoms with Crippen LogP contribution < -0.4 is 0 Å². The van der Waals surface area contributed by atoms with E-state index in [2.05, 4.69) is 63.5 Å². The Morgan fingerprint density at radius 2 is 1.84 bits per heavy atom. The standard InChI is InChI=1S/C21H25Ge.2ClH.Hf/c1-13-10-18(11-14(13)2)20-15(3)12-17-8-7-9-19(22(5)6)16(4)21(17)20;;;/h7-10,16H,11H2,1-6H3;2*1H;/q;;;+2/p-2. The van der Waals surface area contributed by atoms with Crippen molar-refractivity contribution < 1.29 is 19.1 Å². The first kappa shape index (κ1) is 20.0. The zero-order valence-electron chi connectivity index (χ0n) is 15.8. The summed E-state index contributed by atoms with van der Waals surface area (Å²) in [5.74, 6) is 5.37. The molecular formula is C21H25Cl2GeHf. The van der Waals surface area contributed by atoms with Crippen molar-refractivity contribution in [3.05, 3.63) is 66.6 Å². The molecule has 0 saturated carbocycles. The van der Waals surface area contributed by atoms with Crippen LogP contribution in [0.1, 0.15) is 34.1 Å². The summed E-state index contributed by atoms with van der Waals surface area (Å²) >= 11 is -3.87. The topological polar surface area (TPSA) is 0 Å². The predicted octanol–water partition coefficient (Wildman–Crippen LogP) is 6.80. The Bertz CT molecular complexity index is 856. The number of hydrogen-bond donors (Lipinski definition) is 0. The van der Waals surface area contributed by atoms with E-state index in [0.29, 0.717) is 5.92 Å². The molecule has 0 saturated heterocycles. The van der Waals surface area contributed by atoms with Crippen molar-refractivity contribution in [2.75, 3.05) is 0 Å². The van der Waals surface area contributed by atoms with Crippen molar-refractivity contribution >= 4 is 35.4 Å². The number of allylic oxidation sites excluding steroid dienone is 12. The second-order valence-electron chi connectivity index (χ2n) is 7.48. The Morgan fingerprint density at radius 1 is 1.16 bits per heavy atom. The molecule has 0 N–H and O–H groups in total. The van der Waals surface area contributed by atoms with Crippen molar-refractivity contribution in [1.82, 2.24) is 0 Å². The summed E-state index contributed by atoms with van der Waals surface area (Å²) in [5.41, 5.74) is 10.0. The molecule has 0 bridgehead atoms. The predicted molar refractivity (Wildman–Crippen MR) is 111 cm³/mol. The summed E-state index contributed by atoms with van der Waals surface area (Å²) < 4.78 is 2.97. The first-order valence-corrected chi connectivity index (χ1v) is 24.8. The molecule has 0 aromatic heterocycles. The summed E-state index contributed by atoms with van der Waals surface area (Å²) in [5, 5.41) is 0. The Kier molecular flexibility index (Phi) is 6.20. The van der Waals surface area contributed by atoms with Gasteiger partial charge in [-0.05, 0) is 0 Å². The third kappa shape index (κ3) is 3.56. The van der Waals surface area contributed by atoms with Crippen LogP contribution in [0.25, 0.3) is 0 Å². The Labute approximate surface area is 171 Å². The van der Waals surface area contributed by atoms with E-state index in [4.69, 9.17) is 17.2 Å². The third-order valence-electron chi connectivity index (χ3n) is 5.62. The molecule has 131 valence electrons.